The monoisotopic (exact) mass is 649 g/mol. The van der Waals surface area contributed by atoms with Crippen molar-refractivity contribution in [1.82, 2.24) is 10.2 Å². The molecule has 0 heterocycles. The quantitative estimate of drug-likeness (QED) is 0.280. The molecule has 0 aliphatic heterocycles. The predicted octanol–water partition coefficient (Wildman–Crippen LogP) is 5.04. The SMILES string of the molecule is CCCNC(=O)[C@@H](Cc1ccccc1)N(Cc1cccc(Br)c1)C(=O)CN(c1cc(Cl)ccc1OC)S(C)(=O)=O. The predicted molar refractivity (Wildman–Crippen MR) is 162 cm³/mol. The van der Waals surface area contributed by atoms with Gasteiger partial charge in [-0.2, -0.15) is 0 Å². The molecular formula is C29H33BrClN3O5S. The van der Waals surface area contributed by atoms with Crippen LogP contribution in [0.1, 0.15) is 24.5 Å². The van der Waals surface area contributed by atoms with Crippen molar-refractivity contribution in [1.29, 1.82) is 0 Å². The molecule has 11 heteroatoms. The average Bonchev–Trinajstić information content (AvgIpc) is 2.92. The lowest BCUT2D eigenvalue weighted by Gasteiger charge is -2.33. The summed E-state index contributed by atoms with van der Waals surface area (Å²) in [6.45, 7) is 1.91. The summed E-state index contributed by atoms with van der Waals surface area (Å²) in [6, 6.07) is 20.4. The third-order valence-corrected chi connectivity index (χ3v) is 8.01. The standard InChI is InChI=1S/C29H33BrClN3O5S/c1-4-15-32-29(36)26(17-21-9-6-5-7-10-21)33(19-22-11-8-12-23(30)16-22)28(35)20-34(40(3,37)38)25-18-24(31)13-14-27(25)39-2/h5-14,16,18,26H,4,15,17,19-20H2,1-3H3,(H,32,36)/t26-/m1/s1. The Labute approximate surface area is 249 Å². The Morgan fingerprint density at radius 3 is 2.35 bits per heavy atom. The van der Waals surface area contributed by atoms with Crippen molar-refractivity contribution in [2.24, 2.45) is 0 Å². The number of nitrogens with zero attached hydrogens (tertiary/aromatic N) is 2. The van der Waals surface area contributed by atoms with Gasteiger partial charge in [-0.05, 0) is 47.9 Å². The summed E-state index contributed by atoms with van der Waals surface area (Å²) in [5.41, 5.74) is 1.77. The first-order valence-electron chi connectivity index (χ1n) is 12.7. The first-order valence-corrected chi connectivity index (χ1v) is 15.7. The summed E-state index contributed by atoms with van der Waals surface area (Å²) in [4.78, 5) is 29.1. The van der Waals surface area contributed by atoms with Gasteiger partial charge in [-0.3, -0.25) is 13.9 Å². The molecule has 1 atom stereocenters. The molecule has 8 nitrogen and oxygen atoms in total. The Morgan fingerprint density at radius 1 is 1.02 bits per heavy atom. The van der Waals surface area contributed by atoms with E-state index in [1.807, 2.05) is 61.5 Å². The number of methoxy groups -OCH3 is 1. The van der Waals surface area contributed by atoms with E-state index in [4.69, 9.17) is 16.3 Å². The van der Waals surface area contributed by atoms with Gasteiger partial charge in [0.25, 0.3) is 0 Å². The van der Waals surface area contributed by atoms with Crippen LogP contribution in [0, 0.1) is 0 Å². The number of anilines is 1. The zero-order valence-corrected chi connectivity index (χ0v) is 25.8. The number of sulfonamides is 1. The van der Waals surface area contributed by atoms with Crippen LogP contribution in [0.3, 0.4) is 0 Å². The molecule has 3 rings (SSSR count). The van der Waals surface area contributed by atoms with Crippen LogP contribution in [0.2, 0.25) is 5.02 Å². The van der Waals surface area contributed by atoms with E-state index in [9.17, 15) is 18.0 Å². The van der Waals surface area contributed by atoms with Crippen LogP contribution in [0.4, 0.5) is 5.69 Å². The molecule has 214 valence electrons. The Bertz CT molecular complexity index is 1420. The highest BCUT2D eigenvalue weighted by molar-refractivity contribution is 9.10. The fourth-order valence-corrected chi connectivity index (χ4v) is 5.66. The zero-order valence-electron chi connectivity index (χ0n) is 22.6. The molecular weight excluding hydrogens is 618 g/mol. The third-order valence-electron chi connectivity index (χ3n) is 6.15. The maximum absolute atomic E-state index is 14.1. The van der Waals surface area contributed by atoms with Crippen molar-refractivity contribution in [3.8, 4) is 5.75 Å². The summed E-state index contributed by atoms with van der Waals surface area (Å²) in [5, 5.41) is 3.20. The van der Waals surface area contributed by atoms with Crippen LogP contribution in [0.5, 0.6) is 5.75 Å². The van der Waals surface area contributed by atoms with Crippen LogP contribution in [0.15, 0.2) is 77.3 Å². The van der Waals surface area contributed by atoms with E-state index >= 15 is 0 Å². The second kappa shape index (κ2) is 14.5. The van der Waals surface area contributed by atoms with E-state index in [1.54, 1.807) is 6.07 Å². The molecule has 1 N–H and O–H groups in total. The molecule has 0 fully saturated rings. The maximum Gasteiger partial charge on any atom is 0.244 e. The van der Waals surface area contributed by atoms with Gasteiger partial charge in [0, 0.05) is 29.0 Å². The number of benzene rings is 3. The molecule has 2 amide bonds. The highest BCUT2D eigenvalue weighted by atomic mass is 79.9. The van der Waals surface area contributed by atoms with Gasteiger partial charge in [-0.1, -0.05) is 76.9 Å². The minimum atomic E-state index is -3.96. The second-order valence-corrected chi connectivity index (χ2v) is 12.5. The lowest BCUT2D eigenvalue weighted by Crippen LogP contribution is -2.53. The molecule has 0 aliphatic rings. The maximum atomic E-state index is 14.1. The highest BCUT2D eigenvalue weighted by Gasteiger charge is 2.33. The highest BCUT2D eigenvalue weighted by Crippen LogP contribution is 2.33. The number of carbonyl (C=O) groups excluding carboxylic acids is 2. The zero-order chi connectivity index (χ0) is 29.3. The van der Waals surface area contributed by atoms with Crippen LogP contribution >= 0.6 is 27.5 Å². The molecule has 0 spiro atoms. The number of ether oxygens (including phenoxy) is 1. The van der Waals surface area contributed by atoms with Crippen molar-refractivity contribution in [3.63, 3.8) is 0 Å². The van der Waals surface area contributed by atoms with Gasteiger partial charge in [0.1, 0.15) is 18.3 Å². The van der Waals surface area contributed by atoms with Crippen molar-refractivity contribution >= 4 is 55.1 Å². The van der Waals surface area contributed by atoms with Crippen LogP contribution < -0.4 is 14.4 Å². The summed E-state index contributed by atoms with van der Waals surface area (Å²) in [7, 11) is -2.55. The van der Waals surface area contributed by atoms with Gasteiger partial charge in [0.2, 0.25) is 21.8 Å². The lowest BCUT2D eigenvalue weighted by molar-refractivity contribution is -0.140. The Kier molecular flexibility index (Phi) is 11.4. The average molecular weight is 651 g/mol. The summed E-state index contributed by atoms with van der Waals surface area (Å²) in [6.07, 6.45) is 1.98. The van der Waals surface area contributed by atoms with Gasteiger partial charge in [0.15, 0.2) is 0 Å². The second-order valence-electron chi connectivity index (χ2n) is 9.23. The van der Waals surface area contributed by atoms with Crippen molar-refractivity contribution in [3.05, 3.63) is 93.4 Å². The van der Waals surface area contributed by atoms with Crippen LogP contribution in [0.25, 0.3) is 0 Å². The molecule has 0 bridgehead atoms. The van der Waals surface area contributed by atoms with Gasteiger partial charge in [-0.25, -0.2) is 8.42 Å². The minimum absolute atomic E-state index is 0.0829. The molecule has 0 saturated heterocycles. The molecule has 0 aromatic heterocycles. The molecule has 0 aliphatic carbocycles. The number of amides is 2. The molecule has 0 radical (unpaired) electrons. The summed E-state index contributed by atoms with van der Waals surface area (Å²) in [5.74, 6) is -0.636. The molecule has 3 aromatic carbocycles. The topological polar surface area (TPSA) is 96.0 Å². The normalized spacial score (nSPS) is 11.9. The smallest absolute Gasteiger partial charge is 0.244 e. The fraction of sp³-hybridized carbons (Fsp3) is 0.310. The van der Waals surface area contributed by atoms with E-state index < -0.39 is 28.5 Å². The molecule has 0 saturated carbocycles. The Balaban J connectivity index is 2.08. The number of carbonyl (C=O) groups is 2. The fourth-order valence-electron chi connectivity index (χ4n) is 4.20. The molecule has 3 aromatic rings. The van der Waals surface area contributed by atoms with E-state index in [2.05, 4.69) is 21.2 Å². The van der Waals surface area contributed by atoms with Crippen molar-refractivity contribution < 1.29 is 22.7 Å². The summed E-state index contributed by atoms with van der Waals surface area (Å²) < 4.78 is 33.1. The summed E-state index contributed by atoms with van der Waals surface area (Å²) >= 11 is 9.66. The molecule has 40 heavy (non-hydrogen) atoms. The van der Waals surface area contributed by atoms with Gasteiger partial charge in [0.05, 0.1) is 19.1 Å². The van der Waals surface area contributed by atoms with Crippen LogP contribution in [-0.2, 0) is 32.6 Å². The van der Waals surface area contributed by atoms with Crippen molar-refractivity contribution in [2.75, 3.05) is 30.8 Å². The largest absolute Gasteiger partial charge is 0.495 e. The number of nitrogens with one attached hydrogen (secondary N) is 1. The van der Waals surface area contributed by atoms with Gasteiger partial charge < -0.3 is 15.0 Å². The van der Waals surface area contributed by atoms with Gasteiger partial charge >= 0.3 is 0 Å². The van der Waals surface area contributed by atoms with E-state index in [1.165, 1.54) is 24.1 Å². The van der Waals surface area contributed by atoms with E-state index in [0.29, 0.717) is 6.54 Å². The lowest BCUT2D eigenvalue weighted by atomic mass is 10.0. The van der Waals surface area contributed by atoms with E-state index in [-0.39, 0.29) is 35.3 Å². The first-order chi connectivity index (χ1) is 19.0. The Morgan fingerprint density at radius 2 is 1.73 bits per heavy atom. The minimum Gasteiger partial charge on any atom is -0.495 e. The molecule has 0 unspecified atom stereocenters. The van der Waals surface area contributed by atoms with E-state index in [0.717, 1.165) is 32.6 Å². The van der Waals surface area contributed by atoms with Crippen LogP contribution in [-0.4, -0.2) is 57.6 Å². The van der Waals surface area contributed by atoms with Gasteiger partial charge in [-0.15, -0.1) is 0 Å². The number of rotatable bonds is 13. The Hall–Kier alpha value is -3.08. The number of hydrogen-bond donors (Lipinski definition) is 1. The van der Waals surface area contributed by atoms with Crippen molar-refractivity contribution in [2.45, 2.75) is 32.4 Å². The number of hydrogen-bond acceptors (Lipinski definition) is 5. The number of halogens is 2. The third kappa shape index (κ3) is 8.71. The first kappa shape index (κ1) is 31.4.